The van der Waals surface area contributed by atoms with Gasteiger partial charge < -0.3 is 14.9 Å². The van der Waals surface area contributed by atoms with Crippen LogP contribution in [-0.2, 0) is 14.3 Å². The number of nitrogens with zero attached hydrogens (tertiary/aromatic N) is 1. The van der Waals surface area contributed by atoms with Crippen LogP contribution in [0.5, 0.6) is 0 Å². The van der Waals surface area contributed by atoms with Crippen molar-refractivity contribution in [1.82, 2.24) is 4.90 Å². The molecule has 10 atom stereocenters. The molecule has 0 aromatic heterocycles. The number of aliphatic hydroxyl groups is 2. The standard InChI is InChI=1S/C41H67NO5/c1-25(2)35-29(44)21-41(32(45)24-42-20-10-11-26(43)23-42)19-14-28-27(36(35)41)12-13-31-39(28,8)17-15-30-38(6,7)33(16-18-40(30,31)9)47-34(46)22-37(3,4)5/h25-28,30-33,43,45H,10-24H2,1-9H3. The van der Waals surface area contributed by atoms with Crippen LogP contribution in [0.2, 0.25) is 0 Å². The van der Waals surface area contributed by atoms with Gasteiger partial charge >= 0.3 is 5.97 Å². The highest BCUT2D eigenvalue weighted by Gasteiger charge is 2.67. The topological polar surface area (TPSA) is 87.1 Å². The first-order valence-electron chi connectivity index (χ1n) is 19.4. The number of Topliss-reactive ketones (excluding diaryl/α,β-unsaturated/α-hetero) is 1. The predicted octanol–water partition coefficient (Wildman–Crippen LogP) is 7.74. The zero-order chi connectivity index (χ0) is 34.3. The molecule has 47 heavy (non-hydrogen) atoms. The average Bonchev–Trinajstić information content (AvgIpc) is 3.27. The van der Waals surface area contributed by atoms with Crippen LogP contribution in [0, 0.1) is 56.7 Å². The first-order valence-corrected chi connectivity index (χ1v) is 19.4. The van der Waals surface area contributed by atoms with E-state index in [4.69, 9.17) is 4.74 Å². The fourth-order valence-electron chi connectivity index (χ4n) is 13.2. The summed E-state index contributed by atoms with van der Waals surface area (Å²) in [6.45, 7) is 22.7. The zero-order valence-corrected chi connectivity index (χ0v) is 31.3. The number of hydrogen-bond acceptors (Lipinski definition) is 6. The maximum atomic E-state index is 13.9. The SMILES string of the molecule is CC(C)C1=C2C3CCC4C(C)(CCC5C(C)(C)C(OC(=O)CC(C)(C)C)CCC54C)C3CCC2(C(O)CN2CCCC(O)C2)CC1=O. The molecule has 10 unspecified atom stereocenters. The first-order chi connectivity index (χ1) is 21.8. The largest absolute Gasteiger partial charge is 0.462 e. The van der Waals surface area contributed by atoms with E-state index in [-0.39, 0.29) is 51.5 Å². The van der Waals surface area contributed by atoms with Crippen molar-refractivity contribution in [3.8, 4) is 0 Å². The van der Waals surface area contributed by atoms with Gasteiger partial charge in [-0.15, -0.1) is 0 Å². The number of β-amino-alcohol motifs (C(OH)–C–C–N with tert-alkyl or cyclic N) is 2. The molecule has 5 aliphatic carbocycles. The normalized spacial score (nSPS) is 42.8. The van der Waals surface area contributed by atoms with Gasteiger partial charge in [0.05, 0.1) is 18.6 Å². The van der Waals surface area contributed by atoms with Crippen LogP contribution in [0.1, 0.15) is 139 Å². The molecule has 6 rings (SSSR count). The van der Waals surface area contributed by atoms with Crippen LogP contribution in [0.4, 0.5) is 0 Å². The van der Waals surface area contributed by atoms with E-state index in [1.165, 1.54) is 18.4 Å². The molecule has 0 aromatic rings. The van der Waals surface area contributed by atoms with Gasteiger partial charge in [0.2, 0.25) is 0 Å². The molecule has 1 heterocycles. The Morgan fingerprint density at radius 1 is 0.957 bits per heavy atom. The molecule has 6 nitrogen and oxygen atoms in total. The Kier molecular flexibility index (Phi) is 9.25. The minimum Gasteiger partial charge on any atom is -0.462 e. The van der Waals surface area contributed by atoms with Gasteiger partial charge in [0.25, 0.3) is 0 Å². The molecule has 2 N–H and O–H groups in total. The maximum Gasteiger partial charge on any atom is 0.306 e. The monoisotopic (exact) mass is 654 g/mol. The van der Waals surface area contributed by atoms with Gasteiger partial charge in [-0.25, -0.2) is 0 Å². The van der Waals surface area contributed by atoms with E-state index in [0.717, 1.165) is 63.5 Å². The van der Waals surface area contributed by atoms with E-state index in [0.29, 0.717) is 49.6 Å². The summed E-state index contributed by atoms with van der Waals surface area (Å²) >= 11 is 0. The lowest BCUT2D eigenvalue weighted by molar-refractivity contribution is -0.214. The summed E-state index contributed by atoms with van der Waals surface area (Å²) in [4.78, 5) is 29.1. The Morgan fingerprint density at radius 2 is 1.66 bits per heavy atom. The van der Waals surface area contributed by atoms with E-state index in [2.05, 4.69) is 67.2 Å². The summed E-state index contributed by atoms with van der Waals surface area (Å²) in [5.74, 6) is 2.39. The molecule has 266 valence electrons. The number of ether oxygens (including phenoxy) is 1. The van der Waals surface area contributed by atoms with Crippen molar-refractivity contribution in [2.24, 2.45) is 56.7 Å². The van der Waals surface area contributed by atoms with Gasteiger partial charge in [0, 0.05) is 30.3 Å². The number of ketones is 1. The number of carbonyl (C=O) groups excluding carboxylic acids is 2. The Morgan fingerprint density at radius 3 is 2.32 bits per heavy atom. The summed E-state index contributed by atoms with van der Waals surface area (Å²) in [5, 5.41) is 22.5. The molecule has 1 saturated heterocycles. The highest BCUT2D eigenvalue weighted by atomic mass is 16.5. The molecular formula is C41H67NO5. The number of piperidine rings is 1. The maximum absolute atomic E-state index is 13.9. The van der Waals surface area contributed by atoms with Gasteiger partial charge in [0.1, 0.15) is 6.10 Å². The molecule has 0 bridgehead atoms. The van der Waals surface area contributed by atoms with Crippen molar-refractivity contribution in [3.05, 3.63) is 11.1 Å². The Labute approximate surface area is 285 Å². The van der Waals surface area contributed by atoms with Crippen molar-refractivity contribution in [2.75, 3.05) is 19.6 Å². The van der Waals surface area contributed by atoms with E-state index in [9.17, 15) is 19.8 Å². The number of carbonyl (C=O) groups is 2. The lowest BCUT2D eigenvalue weighted by Gasteiger charge is -2.69. The molecule has 4 saturated carbocycles. The summed E-state index contributed by atoms with van der Waals surface area (Å²) in [7, 11) is 0. The molecule has 0 amide bonds. The van der Waals surface area contributed by atoms with Crippen LogP contribution in [0.3, 0.4) is 0 Å². The van der Waals surface area contributed by atoms with Crippen LogP contribution < -0.4 is 0 Å². The Balaban J connectivity index is 1.27. The van der Waals surface area contributed by atoms with Crippen LogP contribution in [0.25, 0.3) is 0 Å². The highest BCUT2D eigenvalue weighted by Crippen LogP contribution is 2.73. The molecule has 0 spiro atoms. The summed E-state index contributed by atoms with van der Waals surface area (Å²) < 4.78 is 6.29. The minimum absolute atomic E-state index is 0.0304. The highest BCUT2D eigenvalue weighted by molar-refractivity contribution is 6.00. The number of hydrogen-bond donors (Lipinski definition) is 2. The molecule has 1 aliphatic heterocycles. The van der Waals surface area contributed by atoms with Crippen LogP contribution in [0.15, 0.2) is 11.1 Å². The van der Waals surface area contributed by atoms with Gasteiger partial charge in [-0.3, -0.25) is 14.5 Å². The number of rotatable bonds is 6. The van der Waals surface area contributed by atoms with Gasteiger partial charge in [-0.2, -0.15) is 0 Å². The fourth-order valence-corrected chi connectivity index (χ4v) is 13.2. The molecule has 5 fully saturated rings. The summed E-state index contributed by atoms with van der Waals surface area (Å²) in [5.41, 5.74) is 2.17. The number of esters is 1. The lowest BCUT2D eigenvalue weighted by Crippen LogP contribution is -2.63. The molecule has 0 radical (unpaired) electrons. The van der Waals surface area contributed by atoms with E-state index in [1.54, 1.807) is 0 Å². The van der Waals surface area contributed by atoms with Crippen molar-refractivity contribution < 1.29 is 24.5 Å². The number of fused-ring (bicyclic) bond motifs is 7. The second kappa shape index (κ2) is 12.2. The number of allylic oxidation sites excluding steroid dienone is 1. The van der Waals surface area contributed by atoms with Crippen LogP contribution in [-0.4, -0.2) is 64.8 Å². The van der Waals surface area contributed by atoms with Crippen molar-refractivity contribution in [1.29, 1.82) is 0 Å². The second-order valence-electron chi connectivity index (χ2n) is 19.9. The van der Waals surface area contributed by atoms with Gasteiger partial charge in [0.15, 0.2) is 5.78 Å². The first kappa shape index (κ1) is 35.6. The quantitative estimate of drug-likeness (QED) is 0.285. The molecule has 6 aliphatic rings. The average molecular weight is 654 g/mol. The Bertz CT molecular complexity index is 1260. The smallest absolute Gasteiger partial charge is 0.306 e. The lowest BCUT2D eigenvalue weighted by atomic mass is 9.36. The number of aliphatic hydroxyl groups excluding tert-OH is 2. The number of likely N-dealkylation sites (tertiary alicyclic amines) is 1. The van der Waals surface area contributed by atoms with Gasteiger partial charge in [-0.05, 0) is 122 Å². The van der Waals surface area contributed by atoms with Gasteiger partial charge in [-0.1, -0.05) is 67.9 Å². The van der Waals surface area contributed by atoms with E-state index in [1.807, 2.05) is 0 Å². The molecule has 0 aromatic carbocycles. The van der Waals surface area contributed by atoms with Crippen molar-refractivity contribution in [3.63, 3.8) is 0 Å². The zero-order valence-electron chi connectivity index (χ0n) is 31.3. The van der Waals surface area contributed by atoms with Crippen LogP contribution >= 0.6 is 0 Å². The minimum atomic E-state index is -0.584. The van der Waals surface area contributed by atoms with Crippen molar-refractivity contribution in [2.45, 2.75) is 158 Å². The molecular weight excluding hydrogens is 586 g/mol. The predicted molar refractivity (Wildman–Crippen MR) is 186 cm³/mol. The second-order valence-corrected chi connectivity index (χ2v) is 19.9. The van der Waals surface area contributed by atoms with E-state index < -0.39 is 11.5 Å². The summed E-state index contributed by atoms with van der Waals surface area (Å²) in [6.07, 6.45) is 10.4. The summed E-state index contributed by atoms with van der Waals surface area (Å²) in [6, 6.07) is 0. The Hall–Kier alpha value is -1.24. The third-order valence-electron chi connectivity index (χ3n) is 15.1. The molecule has 6 heteroatoms. The fraction of sp³-hybridized carbons (Fsp3) is 0.902. The van der Waals surface area contributed by atoms with Crippen molar-refractivity contribution >= 4 is 11.8 Å². The third-order valence-corrected chi connectivity index (χ3v) is 15.1. The van der Waals surface area contributed by atoms with E-state index >= 15 is 0 Å². The third kappa shape index (κ3) is 5.90.